The average Bonchev–Trinajstić information content (AvgIpc) is 3.28. The summed E-state index contributed by atoms with van der Waals surface area (Å²) < 4.78 is 1.78. The van der Waals surface area contributed by atoms with Gasteiger partial charge in [-0.25, -0.2) is 0 Å². The average molecular weight is 583 g/mol. The van der Waals surface area contributed by atoms with Gasteiger partial charge in [-0.2, -0.15) is 0 Å². The molecule has 0 aromatic heterocycles. The Morgan fingerprint density at radius 3 is 2.54 bits per heavy atom. The van der Waals surface area contributed by atoms with E-state index in [0.29, 0.717) is 6.04 Å². The molecule has 2 saturated carbocycles. The van der Waals surface area contributed by atoms with Crippen LogP contribution in [0.25, 0.3) is 0 Å². The summed E-state index contributed by atoms with van der Waals surface area (Å²) in [6.45, 7) is 7.64. The normalized spacial score (nSPS) is 57.1. The van der Waals surface area contributed by atoms with Crippen LogP contribution in [0.15, 0.2) is 0 Å². The molecule has 0 aromatic carbocycles. The van der Waals surface area contributed by atoms with Crippen molar-refractivity contribution in [2.75, 3.05) is 26.2 Å². The highest BCUT2D eigenvalue weighted by Gasteiger charge is 2.55. The number of alkyl halides is 2. The summed E-state index contributed by atoms with van der Waals surface area (Å²) in [6, 6.07) is 1.45. The van der Waals surface area contributed by atoms with E-state index in [2.05, 4.69) is 68.1 Å². The summed E-state index contributed by atoms with van der Waals surface area (Å²) in [5.41, 5.74) is 0. The molecule has 3 heterocycles. The Balaban J connectivity index is 1.34. The Labute approximate surface area is 186 Å². The lowest BCUT2D eigenvalue weighted by atomic mass is 9.63. The Morgan fingerprint density at radius 1 is 0.808 bits per heavy atom. The van der Waals surface area contributed by atoms with Crippen LogP contribution in [-0.2, 0) is 0 Å². The zero-order chi connectivity index (χ0) is 17.8. The largest absolute Gasteiger partial charge is 0.316 e. The lowest BCUT2D eigenvalue weighted by Crippen LogP contribution is -2.52. The highest BCUT2D eigenvalue weighted by molar-refractivity contribution is 14.1. The van der Waals surface area contributed by atoms with Crippen LogP contribution in [0.5, 0.6) is 0 Å². The maximum absolute atomic E-state index is 4.02. The number of fused-ring (bicyclic) bond motifs is 2. The van der Waals surface area contributed by atoms with Crippen LogP contribution in [0, 0.1) is 41.4 Å². The van der Waals surface area contributed by atoms with Crippen molar-refractivity contribution in [3.63, 3.8) is 0 Å². The van der Waals surface area contributed by atoms with E-state index in [-0.39, 0.29) is 0 Å². The van der Waals surface area contributed by atoms with Gasteiger partial charge in [-0.15, -0.1) is 0 Å². The molecule has 5 rings (SSSR count). The molecule has 0 aromatic rings. The fourth-order valence-electron chi connectivity index (χ4n) is 7.68. The van der Waals surface area contributed by atoms with E-state index in [1.807, 2.05) is 0 Å². The van der Waals surface area contributed by atoms with Gasteiger partial charge in [0.15, 0.2) is 0 Å². The SMILES string of the molecule is CC1CC2CNCC2C(C2C(I)CC3C2CNC3C2CC(I)CCN2)C1. The first kappa shape index (κ1) is 19.3. The molecule has 3 nitrogen and oxygen atoms in total. The first-order valence-corrected chi connectivity index (χ1v) is 13.6. The Hall–Kier alpha value is 1.34. The van der Waals surface area contributed by atoms with Gasteiger partial charge >= 0.3 is 0 Å². The standard InChI is InChI=1S/C21H35I2N3/c1-11-4-12-8-24-9-16(12)14(5-11)20-17-10-26-21(15(17)7-18(20)23)19-6-13(22)2-3-25-19/h11-21,24-26H,2-10H2,1H3. The third-order valence-electron chi connectivity index (χ3n) is 8.63. The molecule has 3 aliphatic heterocycles. The highest BCUT2D eigenvalue weighted by Crippen LogP contribution is 2.55. The van der Waals surface area contributed by atoms with Gasteiger partial charge in [0.25, 0.3) is 0 Å². The van der Waals surface area contributed by atoms with Gasteiger partial charge in [0.05, 0.1) is 0 Å². The van der Waals surface area contributed by atoms with Crippen molar-refractivity contribution in [1.82, 2.24) is 16.0 Å². The lowest BCUT2D eigenvalue weighted by molar-refractivity contribution is 0.0838. The summed E-state index contributed by atoms with van der Waals surface area (Å²) in [6.07, 6.45) is 7.16. The number of rotatable bonds is 2. The smallest absolute Gasteiger partial charge is 0.0253 e. The van der Waals surface area contributed by atoms with Gasteiger partial charge < -0.3 is 16.0 Å². The summed E-state index contributed by atoms with van der Waals surface area (Å²) >= 11 is 5.54. The predicted molar refractivity (Wildman–Crippen MR) is 125 cm³/mol. The molecule has 3 N–H and O–H groups in total. The third kappa shape index (κ3) is 3.41. The van der Waals surface area contributed by atoms with Crippen molar-refractivity contribution in [3.8, 4) is 0 Å². The molecule has 11 unspecified atom stereocenters. The molecule has 0 spiro atoms. The summed E-state index contributed by atoms with van der Waals surface area (Å²) in [5.74, 6) is 6.68. The van der Waals surface area contributed by atoms with Crippen molar-refractivity contribution in [3.05, 3.63) is 0 Å². The topological polar surface area (TPSA) is 36.1 Å². The van der Waals surface area contributed by atoms with E-state index in [4.69, 9.17) is 0 Å². The second-order valence-corrected chi connectivity index (χ2v) is 13.5. The van der Waals surface area contributed by atoms with E-state index in [1.54, 1.807) is 0 Å². The second-order valence-electron chi connectivity index (χ2n) is 10.1. The molecule has 5 aliphatic rings. The predicted octanol–water partition coefficient (Wildman–Crippen LogP) is 3.45. The molecular formula is C21H35I2N3. The van der Waals surface area contributed by atoms with E-state index in [1.165, 1.54) is 58.3 Å². The van der Waals surface area contributed by atoms with E-state index in [0.717, 1.165) is 55.3 Å². The van der Waals surface area contributed by atoms with Crippen molar-refractivity contribution < 1.29 is 0 Å². The van der Waals surface area contributed by atoms with Crippen LogP contribution in [-0.4, -0.2) is 46.1 Å². The molecule has 26 heavy (non-hydrogen) atoms. The Bertz CT molecular complexity index is 517. The number of hydrogen-bond acceptors (Lipinski definition) is 3. The van der Waals surface area contributed by atoms with E-state index < -0.39 is 0 Å². The first-order valence-electron chi connectivity index (χ1n) is 11.1. The fraction of sp³-hybridized carbons (Fsp3) is 1.00. The fourth-order valence-corrected chi connectivity index (χ4v) is 10.2. The minimum Gasteiger partial charge on any atom is -0.316 e. The van der Waals surface area contributed by atoms with Crippen LogP contribution >= 0.6 is 45.2 Å². The first-order chi connectivity index (χ1) is 12.6. The molecule has 0 radical (unpaired) electrons. The van der Waals surface area contributed by atoms with Crippen LogP contribution in [0.1, 0.15) is 39.0 Å². The van der Waals surface area contributed by atoms with Crippen LogP contribution < -0.4 is 16.0 Å². The number of nitrogens with one attached hydrogen (secondary N) is 3. The maximum atomic E-state index is 4.02. The monoisotopic (exact) mass is 583 g/mol. The lowest BCUT2D eigenvalue weighted by Gasteiger charge is -2.43. The van der Waals surface area contributed by atoms with E-state index in [9.17, 15) is 0 Å². The van der Waals surface area contributed by atoms with Gasteiger partial charge in [-0.05, 0) is 99.7 Å². The van der Waals surface area contributed by atoms with Gasteiger partial charge in [0.2, 0.25) is 0 Å². The molecule has 5 fully saturated rings. The molecule has 148 valence electrons. The van der Waals surface area contributed by atoms with Gasteiger partial charge in [0, 0.05) is 19.9 Å². The quantitative estimate of drug-likeness (QED) is 0.345. The van der Waals surface area contributed by atoms with Crippen molar-refractivity contribution in [1.29, 1.82) is 0 Å². The van der Waals surface area contributed by atoms with Crippen LogP contribution in [0.2, 0.25) is 0 Å². The third-order valence-corrected chi connectivity index (χ3v) is 11.1. The second kappa shape index (κ2) is 7.88. The van der Waals surface area contributed by atoms with Gasteiger partial charge in [-0.1, -0.05) is 52.1 Å². The zero-order valence-corrected chi connectivity index (χ0v) is 20.3. The minimum absolute atomic E-state index is 0.717. The van der Waals surface area contributed by atoms with Crippen molar-refractivity contribution in [2.24, 2.45) is 41.4 Å². The number of piperidine rings is 1. The number of hydrogen-bond donors (Lipinski definition) is 3. The van der Waals surface area contributed by atoms with Crippen LogP contribution in [0.3, 0.4) is 0 Å². The minimum atomic E-state index is 0.717. The molecule has 0 bridgehead atoms. The Kier molecular flexibility index (Phi) is 5.85. The Morgan fingerprint density at radius 2 is 1.69 bits per heavy atom. The molecule has 5 heteroatoms. The summed E-state index contributed by atoms with van der Waals surface area (Å²) in [4.78, 5) is 0. The summed E-state index contributed by atoms with van der Waals surface area (Å²) in [5, 5.41) is 11.7. The maximum Gasteiger partial charge on any atom is 0.0253 e. The molecule has 0 amide bonds. The number of halogens is 2. The zero-order valence-electron chi connectivity index (χ0n) is 16.0. The van der Waals surface area contributed by atoms with Gasteiger partial charge in [0.1, 0.15) is 0 Å². The molecule has 11 atom stereocenters. The van der Waals surface area contributed by atoms with E-state index >= 15 is 0 Å². The summed E-state index contributed by atoms with van der Waals surface area (Å²) in [7, 11) is 0. The van der Waals surface area contributed by atoms with Crippen molar-refractivity contribution >= 4 is 45.2 Å². The molecule has 3 saturated heterocycles. The molecular weight excluding hydrogens is 548 g/mol. The van der Waals surface area contributed by atoms with Crippen LogP contribution in [0.4, 0.5) is 0 Å². The van der Waals surface area contributed by atoms with Gasteiger partial charge in [-0.3, -0.25) is 0 Å². The highest BCUT2D eigenvalue weighted by atomic mass is 127. The van der Waals surface area contributed by atoms with Crippen molar-refractivity contribution in [2.45, 2.75) is 59.0 Å². The molecule has 2 aliphatic carbocycles.